The molecule has 1 unspecified atom stereocenters. The summed E-state index contributed by atoms with van der Waals surface area (Å²) in [5, 5.41) is 5.76. The van der Waals surface area contributed by atoms with Crippen molar-refractivity contribution in [2.24, 2.45) is 11.3 Å². The van der Waals surface area contributed by atoms with Crippen molar-refractivity contribution in [1.82, 2.24) is 10.6 Å². The third-order valence-corrected chi connectivity index (χ3v) is 4.88. The van der Waals surface area contributed by atoms with Gasteiger partial charge in [-0.15, -0.1) is 0 Å². The standard InChI is InChI=1S/C25H42N2O8/c1-18(2)22(29)33-13-12-32-21(28)17-26-11-9-25(6,7)16-20(5)8-10-27-24(31)35-15-14-34-23(30)19(3)4/h20,26H,1,3,8-17H2,2,4-7H3,(H,27,31). The number of hydrogen-bond acceptors (Lipinski definition) is 9. The first-order valence-electron chi connectivity index (χ1n) is 11.8. The van der Waals surface area contributed by atoms with Crippen LogP contribution in [0.4, 0.5) is 4.79 Å². The first kappa shape index (κ1) is 32.1. The van der Waals surface area contributed by atoms with E-state index in [0.717, 1.165) is 19.3 Å². The highest BCUT2D eigenvalue weighted by Crippen LogP contribution is 2.30. The number of ether oxygens (including phenoxy) is 4. The Morgan fingerprint density at radius 2 is 1.34 bits per heavy atom. The molecule has 10 heteroatoms. The lowest BCUT2D eigenvalue weighted by Crippen LogP contribution is -2.30. The molecule has 0 saturated carbocycles. The van der Waals surface area contributed by atoms with Crippen LogP contribution >= 0.6 is 0 Å². The number of carbonyl (C=O) groups is 4. The van der Waals surface area contributed by atoms with E-state index in [-0.39, 0.29) is 38.4 Å². The molecule has 0 aromatic carbocycles. The molecule has 0 heterocycles. The molecule has 0 rings (SSSR count). The minimum atomic E-state index is -0.548. The van der Waals surface area contributed by atoms with Crippen LogP contribution in [-0.2, 0) is 33.3 Å². The Morgan fingerprint density at radius 3 is 1.89 bits per heavy atom. The van der Waals surface area contributed by atoms with Crippen molar-refractivity contribution in [3.63, 3.8) is 0 Å². The molecule has 0 bridgehead atoms. The lowest BCUT2D eigenvalue weighted by atomic mass is 9.79. The van der Waals surface area contributed by atoms with E-state index in [4.69, 9.17) is 18.9 Å². The summed E-state index contributed by atoms with van der Waals surface area (Å²) in [6.07, 6.45) is 2.05. The van der Waals surface area contributed by atoms with Crippen LogP contribution in [0.3, 0.4) is 0 Å². The van der Waals surface area contributed by atoms with Crippen molar-refractivity contribution >= 4 is 24.0 Å². The number of hydrogen-bond donors (Lipinski definition) is 2. The molecule has 0 radical (unpaired) electrons. The third-order valence-electron chi connectivity index (χ3n) is 4.88. The number of rotatable bonds is 18. The molecular weight excluding hydrogens is 456 g/mol. The summed E-state index contributed by atoms with van der Waals surface area (Å²) in [6.45, 7) is 17.7. The normalized spacial score (nSPS) is 11.7. The van der Waals surface area contributed by atoms with Gasteiger partial charge in [-0.2, -0.15) is 0 Å². The summed E-state index contributed by atoms with van der Waals surface area (Å²) in [6, 6.07) is 0. The predicted molar refractivity (Wildman–Crippen MR) is 132 cm³/mol. The molecule has 10 nitrogen and oxygen atoms in total. The average Bonchev–Trinajstić information content (AvgIpc) is 2.76. The van der Waals surface area contributed by atoms with E-state index >= 15 is 0 Å². The van der Waals surface area contributed by atoms with Gasteiger partial charge >= 0.3 is 24.0 Å². The number of carbonyl (C=O) groups excluding carboxylic acids is 4. The molecule has 0 fully saturated rings. The van der Waals surface area contributed by atoms with Gasteiger partial charge in [0.15, 0.2) is 0 Å². The van der Waals surface area contributed by atoms with Crippen molar-refractivity contribution in [1.29, 1.82) is 0 Å². The van der Waals surface area contributed by atoms with Gasteiger partial charge in [-0.05, 0) is 51.0 Å². The fraction of sp³-hybridized carbons (Fsp3) is 0.680. The average molecular weight is 499 g/mol. The van der Waals surface area contributed by atoms with E-state index in [1.54, 1.807) is 13.8 Å². The molecule has 0 aliphatic heterocycles. The number of alkyl carbamates (subject to hydrolysis) is 1. The van der Waals surface area contributed by atoms with E-state index < -0.39 is 24.0 Å². The minimum absolute atomic E-state index is 0.000189. The summed E-state index contributed by atoms with van der Waals surface area (Å²) in [4.78, 5) is 45.9. The fourth-order valence-electron chi connectivity index (χ4n) is 3.09. The van der Waals surface area contributed by atoms with E-state index in [0.29, 0.717) is 30.2 Å². The minimum Gasteiger partial charge on any atom is -0.461 e. The van der Waals surface area contributed by atoms with Gasteiger partial charge in [0, 0.05) is 17.7 Å². The van der Waals surface area contributed by atoms with E-state index in [1.807, 2.05) is 0 Å². The van der Waals surface area contributed by atoms with Crippen LogP contribution in [0.2, 0.25) is 0 Å². The summed E-state index contributed by atoms with van der Waals surface area (Å²) < 4.78 is 19.7. The molecule has 0 saturated heterocycles. The Hall–Kier alpha value is -2.88. The predicted octanol–water partition coefficient (Wildman–Crippen LogP) is 2.92. The van der Waals surface area contributed by atoms with Crippen LogP contribution in [0.15, 0.2) is 24.3 Å². The molecule has 0 aromatic rings. The fourth-order valence-corrected chi connectivity index (χ4v) is 3.09. The summed E-state index contributed by atoms with van der Waals surface area (Å²) in [7, 11) is 0. The summed E-state index contributed by atoms with van der Waals surface area (Å²) >= 11 is 0. The first-order valence-corrected chi connectivity index (χ1v) is 11.8. The largest absolute Gasteiger partial charge is 0.461 e. The van der Waals surface area contributed by atoms with Gasteiger partial charge < -0.3 is 29.6 Å². The first-order chi connectivity index (χ1) is 16.3. The molecule has 200 valence electrons. The Morgan fingerprint density at radius 1 is 0.829 bits per heavy atom. The van der Waals surface area contributed by atoms with E-state index in [2.05, 4.69) is 44.6 Å². The molecule has 0 spiro atoms. The molecule has 1 amide bonds. The van der Waals surface area contributed by atoms with Gasteiger partial charge in [-0.25, -0.2) is 14.4 Å². The monoisotopic (exact) mass is 498 g/mol. The lowest BCUT2D eigenvalue weighted by Gasteiger charge is -2.28. The molecular formula is C25H42N2O8. The Labute approximate surface area is 208 Å². The van der Waals surface area contributed by atoms with Crippen molar-refractivity contribution in [2.75, 3.05) is 46.1 Å². The maximum Gasteiger partial charge on any atom is 0.407 e. The van der Waals surface area contributed by atoms with Gasteiger partial charge in [-0.1, -0.05) is 33.9 Å². The van der Waals surface area contributed by atoms with Crippen molar-refractivity contribution in [3.8, 4) is 0 Å². The maximum atomic E-state index is 11.7. The molecule has 0 aliphatic rings. The highest BCUT2D eigenvalue weighted by molar-refractivity contribution is 5.87. The Balaban J connectivity index is 3.88. The molecule has 0 aromatic heterocycles. The second kappa shape index (κ2) is 17.5. The second-order valence-corrected chi connectivity index (χ2v) is 9.30. The highest BCUT2D eigenvalue weighted by atomic mass is 16.6. The van der Waals surface area contributed by atoms with Gasteiger partial charge in [0.2, 0.25) is 0 Å². The maximum absolute atomic E-state index is 11.7. The summed E-state index contributed by atoms with van der Waals surface area (Å²) in [5.74, 6) is -1.06. The molecule has 35 heavy (non-hydrogen) atoms. The van der Waals surface area contributed by atoms with Crippen molar-refractivity contribution < 1.29 is 38.1 Å². The van der Waals surface area contributed by atoms with Crippen LogP contribution in [0.5, 0.6) is 0 Å². The number of esters is 3. The van der Waals surface area contributed by atoms with Crippen molar-refractivity contribution in [2.45, 2.75) is 53.9 Å². The van der Waals surface area contributed by atoms with Crippen LogP contribution in [0.25, 0.3) is 0 Å². The van der Waals surface area contributed by atoms with Gasteiger partial charge in [-0.3, -0.25) is 4.79 Å². The van der Waals surface area contributed by atoms with Crippen LogP contribution in [-0.4, -0.2) is 70.1 Å². The van der Waals surface area contributed by atoms with E-state index in [1.165, 1.54) is 0 Å². The van der Waals surface area contributed by atoms with Crippen molar-refractivity contribution in [3.05, 3.63) is 24.3 Å². The van der Waals surface area contributed by atoms with Crippen LogP contribution in [0, 0.1) is 11.3 Å². The quantitative estimate of drug-likeness (QED) is 0.127. The van der Waals surface area contributed by atoms with Gasteiger partial charge in [0.1, 0.15) is 26.4 Å². The third kappa shape index (κ3) is 18.2. The zero-order chi connectivity index (χ0) is 26.9. The van der Waals surface area contributed by atoms with Crippen LogP contribution < -0.4 is 10.6 Å². The molecule has 0 aliphatic carbocycles. The zero-order valence-corrected chi connectivity index (χ0v) is 21.8. The molecule has 2 N–H and O–H groups in total. The SMILES string of the molecule is C=C(C)C(=O)OCCOC(=O)CNCCC(C)(C)CC(C)CCNC(=O)OCCOC(=O)C(=C)C. The topological polar surface area (TPSA) is 129 Å². The van der Waals surface area contributed by atoms with E-state index in [9.17, 15) is 19.2 Å². The zero-order valence-electron chi connectivity index (χ0n) is 21.8. The smallest absolute Gasteiger partial charge is 0.407 e. The lowest BCUT2D eigenvalue weighted by molar-refractivity contribution is -0.149. The second-order valence-electron chi connectivity index (χ2n) is 9.30. The number of amides is 1. The Bertz CT molecular complexity index is 733. The summed E-state index contributed by atoms with van der Waals surface area (Å²) in [5.41, 5.74) is 0.630. The highest BCUT2D eigenvalue weighted by Gasteiger charge is 2.21. The van der Waals surface area contributed by atoms with Crippen LogP contribution in [0.1, 0.15) is 53.9 Å². The molecule has 1 atom stereocenters. The van der Waals surface area contributed by atoms with Gasteiger partial charge in [0.05, 0.1) is 6.54 Å². The van der Waals surface area contributed by atoms with Gasteiger partial charge in [0.25, 0.3) is 0 Å². The number of nitrogens with one attached hydrogen (secondary N) is 2. The Kier molecular flexibility index (Phi) is 16.1.